The van der Waals surface area contributed by atoms with E-state index in [9.17, 15) is 13.6 Å². The van der Waals surface area contributed by atoms with Crippen molar-refractivity contribution in [2.75, 3.05) is 13.1 Å². The van der Waals surface area contributed by atoms with E-state index >= 15 is 0 Å². The number of hydrogen-bond acceptors (Lipinski definition) is 4. The number of thiophene rings is 1. The summed E-state index contributed by atoms with van der Waals surface area (Å²) in [5.41, 5.74) is 0.729. The monoisotopic (exact) mass is 347 g/mol. The zero-order valence-corrected chi connectivity index (χ0v) is 13.7. The number of halogens is 2. The lowest BCUT2D eigenvalue weighted by atomic mass is 10.2. The Bertz CT molecular complexity index is 966. The van der Waals surface area contributed by atoms with E-state index in [2.05, 4.69) is 9.88 Å². The summed E-state index contributed by atoms with van der Waals surface area (Å²) in [6.07, 6.45) is 0.659. The van der Waals surface area contributed by atoms with E-state index in [1.165, 1.54) is 17.4 Å². The van der Waals surface area contributed by atoms with Gasteiger partial charge in [0.15, 0.2) is 11.6 Å². The van der Waals surface area contributed by atoms with Gasteiger partial charge in [0.25, 0.3) is 5.56 Å². The quantitative estimate of drug-likeness (QED) is 0.715. The predicted octanol–water partition coefficient (Wildman–Crippen LogP) is 2.79. The summed E-state index contributed by atoms with van der Waals surface area (Å²) < 4.78 is 28.1. The molecular formula is C17H15F2N3OS. The fraction of sp³-hybridized carbons (Fsp3) is 0.294. The molecule has 4 rings (SSSR count). The molecule has 0 N–H and O–H groups in total. The highest BCUT2D eigenvalue weighted by Gasteiger charge is 2.18. The van der Waals surface area contributed by atoms with Gasteiger partial charge in [0.1, 0.15) is 10.7 Å². The van der Waals surface area contributed by atoms with Crippen LogP contribution in [-0.4, -0.2) is 27.5 Å². The van der Waals surface area contributed by atoms with E-state index in [-0.39, 0.29) is 5.56 Å². The molecule has 0 unspecified atom stereocenters. The minimum atomic E-state index is -0.835. The van der Waals surface area contributed by atoms with Gasteiger partial charge in [-0.2, -0.15) is 0 Å². The maximum absolute atomic E-state index is 13.4. The van der Waals surface area contributed by atoms with Crippen molar-refractivity contribution in [1.82, 2.24) is 14.5 Å². The van der Waals surface area contributed by atoms with Crippen LogP contribution in [0.5, 0.6) is 0 Å². The van der Waals surface area contributed by atoms with E-state index < -0.39 is 11.6 Å². The van der Waals surface area contributed by atoms with Crippen LogP contribution in [0.15, 0.2) is 34.4 Å². The van der Waals surface area contributed by atoms with Crippen molar-refractivity contribution in [3.8, 4) is 0 Å². The molecule has 3 aromatic rings. The lowest BCUT2D eigenvalue weighted by Gasteiger charge is -2.19. The second kappa shape index (κ2) is 6.07. The van der Waals surface area contributed by atoms with Gasteiger partial charge >= 0.3 is 0 Å². The average molecular weight is 347 g/mol. The Morgan fingerprint density at radius 1 is 1.12 bits per heavy atom. The fourth-order valence-corrected chi connectivity index (χ4v) is 3.85. The molecule has 0 fully saturated rings. The molecule has 124 valence electrons. The van der Waals surface area contributed by atoms with Gasteiger partial charge in [-0.25, -0.2) is 13.8 Å². The van der Waals surface area contributed by atoms with Crippen LogP contribution < -0.4 is 5.56 Å². The Morgan fingerprint density at radius 3 is 2.83 bits per heavy atom. The standard InChI is InChI=1S/C17H15F2N3OS/c18-13-2-1-11(9-14(13)19)10-21-5-3-15-20-16-12(4-8-24-16)17(23)22(15)7-6-21/h1-2,4,8-9H,3,5-7,10H2. The van der Waals surface area contributed by atoms with Gasteiger partial charge < -0.3 is 0 Å². The van der Waals surface area contributed by atoms with Crippen LogP contribution in [0.25, 0.3) is 10.2 Å². The SMILES string of the molecule is O=c1c2ccsc2nc2n1CCN(Cc1ccc(F)c(F)c1)CC2. The first kappa shape index (κ1) is 15.4. The molecule has 1 aliphatic rings. The van der Waals surface area contributed by atoms with Gasteiger partial charge in [-0.15, -0.1) is 11.3 Å². The highest BCUT2D eigenvalue weighted by Crippen LogP contribution is 2.18. The van der Waals surface area contributed by atoms with Crippen LogP contribution in [-0.2, 0) is 19.5 Å². The predicted molar refractivity (Wildman–Crippen MR) is 89.2 cm³/mol. The maximum Gasteiger partial charge on any atom is 0.262 e. The first-order valence-corrected chi connectivity index (χ1v) is 8.63. The Labute approximate surface area is 141 Å². The normalized spacial score (nSPS) is 15.4. The van der Waals surface area contributed by atoms with Gasteiger partial charge in [0, 0.05) is 32.6 Å². The van der Waals surface area contributed by atoms with Crippen LogP contribution in [0.2, 0.25) is 0 Å². The minimum absolute atomic E-state index is 0.00549. The van der Waals surface area contributed by atoms with Crippen LogP contribution in [0, 0.1) is 11.6 Å². The number of nitrogens with zero attached hydrogens (tertiary/aromatic N) is 3. The molecule has 24 heavy (non-hydrogen) atoms. The molecule has 0 atom stereocenters. The third-order valence-electron chi connectivity index (χ3n) is 4.34. The fourth-order valence-electron chi connectivity index (χ4n) is 3.08. The second-order valence-electron chi connectivity index (χ2n) is 5.90. The van der Waals surface area contributed by atoms with Crippen LogP contribution in [0.1, 0.15) is 11.4 Å². The van der Waals surface area contributed by atoms with E-state index in [0.29, 0.717) is 31.4 Å². The summed E-state index contributed by atoms with van der Waals surface area (Å²) in [7, 11) is 0. The summed E-state index contributed by atoms with van der Waals surface area (Å²) in [6.45, 7) is 2.47. The summed E-state index contributed by atoms with van der Waals surface area (Å²) >= 11 is 1.47. The lowest BCUT2D eigenvalue weighted by Crippen LogP contribution is -2.28. The number of aromatic nitrogens is 2. The van der Waals surface area contributed by atoms with Crippen LogP contribution in [0.4, 0.5) is 8.78 Å². The van der Waals surface area contributed by atoms with Crippen molar-refractivity contribution in [3.63, 3.8) is 0 Å². The van der Waals surface area contributed by atoms with Gasteiger partial charge in [-0.1, -0.05) is 6.07 Å². The summed E-state index contributed by atoms with van der Waals surface area (Å²) in [5.74, 6) is -0.871. The Balaban J connectivity index is 1.57. The zero-order valence-electron chi connectivity index (χ0n) is 12.8. The van der Waals surface area contributed by atoms with Crippen molar-refractivity contribution >= 4 is 21.6 Å². The summed E-state index contributed by atoms with van der Waals surface area (Å²) in [4.78, 5) is 20.1. The molecule has 7 heteroatoms. The molecule has 3 heterocycles. The van der Waals surface area contributed by atoms with E-state index in [1.54, 1.807) is 10.6 Å². The molecule has 1 aromatic carbocycles. The van der Waals surface area contributed by atoms with Crippen LogP contribution in [0.3, 0.4) is 0 Å². The van der Waals surface area contributed by atoms with Crippen molar-refractivity contribution in [1.29, 1.82) is 0 Å². The molecular weight excluding hydrogens is 332 g/mol. The summed E-state index contributed by atoms with van der Waals surface area (Å²) in [5, 5.41) is 2.55. The summed E-state index contributed by atoms with van der Waals surface area (Å²) in [6, 6.07) is 5.79. The molecule has 0 saturated carbocycles. The third-order valence-corrected chi connectivity index (χ3v) is 5.15. The third kappa shape index (κ3) is 2.74. The molecule has 0 radical (unpaired) electrons. The highest BCUT2D eigenvalue weighted by molar-refractivity contribution is 7.16. The molecule has 0 bridgehead atoms. The Morgan fingerprint density at radius 2 is 2.00 bits per heavy atom. The molecule has 0 aliphatic carbocycles. The average Bonchev–Trinajstić information content (AvgIpc) is 2.94. The van der Waals surface area contributed by atoms with E-state index in [1.807, 2.05) is 11.4 Å². The maximum atomic E-state index is 13.4. The van der Waals surface area contributed by atoms with Gasteiger partial charge in [-0.05, 0) is 29.1 Å². The first-order valence-electron chi connectivity index (χ1n) is 7.75. The number of rotatable bonds is 2. The molecule has 2 aromatic heterocycles. The van der Waals surface area contributed by atoms with Crippen molar-refractivity contribution in [2.24, 2.45) is 0 Å². The number of hydrogen-bond donors (Lipinski definition) is 0. The Kier molecular flexibility index (Phi) is 3.90. The smallest absolute Gasteiger partial charge is 0.262 e. The van der Waals surface area contributed by atoms with Gasteiger partial charge in [0.05, 0.1) is 5.39 Å². The van der Waals surface area contributed by atoms with Crippen LogP contribution >= 0.6 is 11.3 Å². The topological polar surface area (TPSA) is 38.1 Å². The van der Waals surface area contributed by atoms with Gasteiger partial charge in [0.2, 0.25) is 0 Å². The second-order valence-corrected chi connectivity index (χ2v) is 6.79. The first-order chi connectivity index (χ1) is 11.6. The van der Waals surface area contributed by atoms with Crippen molar-refractivity contribution < 1.29 is 8.78 Å². The van der Waals surface area contributed by atoms with E-state index in [4.69, 9.17) is 0 Å². The van der Waals surface area contributed by atoms with Crippen molar-refractivity contribution in [3.05, 3.63) is 63.0 Å². The zero-order chi connectivity index (χ0) is 16.7. The van der Waals surface area contributed by atoms with E-state index in [0.717, 1.165) is 28.8 Å². The van der Waals surface area contributed by atoms with Crippen molar-refractivity contribution in [2.45, 2.75) is 19.5 Å². The minimum Gasteiger partial charge on any atom is -0.297 e. The lowest BCUT2D eigenvalue weighted by molar-refractivity contribution is 0.270. The number of fused-ring (bicyclic) bond motifs is 2. The number of benzene rings is 1. The Hall–Kier alpha value is -2.12. The molecule has 0 saturated heterocycles. The molecule has 0 spiro atoms. The molecule has 4 nitrogen and oxygen atoms in total. The largest absolute Gasteiger partial charge is 0.297 e. The molecule has 1 aliphatic heterocycles. The molecule has 0 amide bonds. The highest BCUT2D eigenvalue weighted by atomic mass is 32.1. The van der Waals surface area contributed by atoms with Gasteiger partial charge in [-0.3, -0.25) is 14.3 Å².